The number of hydrogen-bond acceptors (Lipinski definition) is 9. The quantitative estimate of drug-likeness (QED) is 0.266. The van der Waals surface area contributed by atoms with Crippen molar-refractivity contribution in [2.24, 2.45) is 17.6 Å². The molecule has 0 fully saturated rings. The molecule has 14 heteroatoms. The number of nitrogens with one attached hydrogen (secondary N) is 3. The second-order valence-corrected chi connectivity index (χ2v) is 14.3. The Labute approximate surface area is 297 Å². The number of thiazole rings is 2. The van der Waals surface area contributed by atoms with Crippen molar-refractivity contribution < 1.29 is 19.2 Å². The maximum atomic E-state index is 13.5. The van der Waals surface area contributed by atoms with E-state index < -0.39 is 12.1 Å². The lowest BCUT2D eigenvalue weighted by Crippen LogP contribution is -2.48. The van der Waals surface area contributed by atoms with Gasteiger partial charge in [0.2, 0.25) is 11.8 Å². The van der Waals surface area contributed by atoms with Gasteiger partial charge in [-0.1, -0.05) is 64.4 Å². The predicted molar refractivity (Wildman–Crippen MR) is 192 cm³/mol. The Bertz CT molecular complexity index is 1500. The number of carbonyl (C=O) groups excluding carboxylic acids is 4. The van der Waals surface area contributed by atoms with E-state index in [1.54, 1.807) is 15.7 Å². The number of fused-ring (bicyclic) bond motifs is 4. The molecule has 1 aliphatic rings. The minimum atomic E-state index is -0.638. The molecule has 0 spiro atoms. The summed E-state index contributed by atoms with van der Waals surface area (Å²) in [6, 6.07) is 8.30. The molecule has 11 nitrogen and oxygen atoms in total. The van der Waals surface area contributed by atoms with Crippen LogP contribution in [0.25, 0.3) is 0 Å². The summed E-state index contributed by atoms with van der Waals surface area (Å²) in [4.78, 5) is 64.1. The molecule has 1 aromatic carbocycles. The van der Waals surface area contributed by atoms with Gasteiger partial charge in [0, 0.05) is 36.8 Å². The molecule has 3 heterocycles. The van der Waals surface area contributed by atoms with Crippen LogP contribution < -0.4 is 21.7 Å². The van der Waals surface area contributed by atoms with E-state index in [0.29, 0.717) is 55.3 Å². The third-order valence-corrected chi connectivity index (χ3v) is 10.2. The Morgan fingerprint density at radius 2 is 1.56 bits per heavy atom. The van der Waals surface area contributed by atoms with Crippen molar-refractivity contribution in [2.45, 2.75) is 84.3 Å². The fourth-order valence-corrected chi connectivity index (χ4v) is 7.09. The lowest BCUT2D eigenvalue weighted by atomic mass is 9.98. The predicted octanol–water partition coefficient (Wildman–Crippen LogP) is 5.05. The van der Waals surface area contributed by atoms with Crippen LogP contribution in [0.3, 0.4) is 0 Å². The van der Waals surface area contributed by atoms with Crippen molar-refractivity contribution in [1.29, 1.82) is 0 Å². The molecule has 48 heavy (non-hydrogen) atoms. The second kappa shape index (κ2) is 19.0. The molecule has 4 atom stereocenters. The number of halogens is 1. The highest BCUT2D eigenvalue weighted by Gasteiger charge is 2.27. The van der Waals surface area contributed by atoms with Gasteiger partial charge in [0.1, 0.15) is 21.4 Å². The van der Waals surface area contributed by atoms with Crippen molar-refractivity contribution in [3.05, 3.63) is 68.1 Å². The summed E-state index contributed by atoms with van der Waals surface area (Å²) in [6.45, 7) is 9.22. The Hall–Kier alpha value is -3.39. The topological polar surface area (TPSA) is 159 Å². The summed E-state index contributed by atoms with van der Waals surface area (Å²) in [5.74, 6) is -0.678. The summed E-state index contributed by atoms with van der Waals surface area (Å²) in [7, 11) is 0. The summed E-state index contributed by atoms with van der Waals surface area (Å²) in [5, 5.41) is 13.8. The normalized spacial score (nSPS) is 19.6. The Morgan fingerprint density at radius 1 is 0.938 bits per heavy atom. The molecule has 1 aliphatic heterocycles. The van der Waals surface area contributed by atoms with Crippen molar-refractivity contribution >= 4 is 58.7 Å². The Morgan fingerprint density at radius 3 is 2.21 bits per heavy atom. The highest BCUT2D eigenvalue weighted by molar-refractivity contribution is 7.10. The zero-order valence-corrected chi connectivity index (χ0v) is 30.5. The highest BCUT2D eigenvalue weighted by atomic mass is 35.5. The van der Waals surface area contributed by atoms with E-state index in [9.17, 15) is 19.2 Å². The largest absolute Gasteiger partial charge is 0.351 e. The van der Waals surface area contributed by atoms with Crippen LogP contribution >= 0.6 is 35.1 Å². The van der Waals surface area contributed by atoms with Crippen LogP contribution in [-0.4, -0.2) is 64.2 Å². The molecule has 0 radical (unpaired) electrons. The van der Waals surface area contributed by atoms with Crippen molar-refractivity contribution in [3.63, 3.8) is 0 Å². The zero-order valence-electron chi connectivity index (χ0n) is 28.1. The average molecular weight is 718 g/mol. The Balaban J connectivity index is 0.00000625. The first kappa shape index (κ1) is 39.1. The molecule has 0 aliphatic carbocycles. The van der Waals surface area contributed by atoms with Gasteiger partial charge in [0.25, 0.3) is 11.8 Å². The van der Waals surface area contributed by atoms with Gasteiger partial charge in [0.05, 0.1) is 18.1 Å². The maximum Gasteiger partial charge on any atom is 0.271 e. The van der Waals surface area contributed by atoms with Crippen LogP contribution in [0.5, 0.6) is 0 Å². The summed E-state index contributed by atoms with van der Waals surface area (Å²) in [5.41, 5.74) is 7.86. The molecular weight excluding hydrogens is 670 g/mol. The Kier molecular flexibility index (Phi) is 15.4. The van der Waals surface area contributed by atoms with Gasteiger partial charge in [-0.3, -0.25) is 19.2 Å². The summed E-state index contributed by atoms with van der Waals surface area (Å²) < 4.78 is 0. The third-order valence-electron chi connectivity index (χ3n) is 8.31. The molecular formula is C34H48ClN7O4S2. The number of carbonyl (C=O) groups is 4. The number of benzene rings is 1. The van der Waals surface area contributed by atoms with Crippen molar-refractivity contribution in [1.82, 2.24) is 30.8 Å². The number of hydrogen-bond donors (Lipinski definition) is 4. The van der Waals surface area contributed by atoms with Gasteiger partial charge in [-0.15, -0.1) is 35.1 Å². The second-order valence-electron chi connectivity index (χ2n) is 12.6. The fraction of sp³-hybridized carbons (Fsp3) is 0.529. The van der Waals surface area contributed by atoms with Gasteiger partial charge in [-0.05, 0) is 43.1 Å². The standard InChI is InChI=1S/C34H47N7O4S2.ClH/c1-5-22(4)29(35)34(45)41-15-9-13-28(42)37-24(17-21(2)3)32-40-27(20-47-32)31(44)38-25(18-23-11-7-6-8-12-23)33-39-26(19-46-33)30(43)36-14-10-16-41;/h6-8,11-12,19-22,24-25,29H,5,9-10,13-18,35H2,1-4H3,(H,36,43)(H,37,42)(H,38,44);1H/t22-,24?,25-,29+;/m0./s1. The molecule has 2 aromatic heterocycles. The lowest BCUT2D eigenvalue weighted by molar-refractivity contribution is -0.134. The van der Waals surface area contributed by atoms with Crippen LogP contribution in [-0.2, 0) is 16.0 Å². The van der Waals surface area contributed by atoms with E-state index in [1.807, 2.05) is 44.2 Å². The van der Waals surface area contributed by atoms with Crippen LogP contribution in [0.1, 0.15) is 108 Å². The smallest absolute Gasteiger partial charge is 0.271 e. The monoisotopic (exact) mass is 717 g/mol. The number of amides is 4. The van der Waals surface area contributed by atoms with Crippen LogP contribution in [0, 0.1) is 11.8 Å². The molecule has 5 N–H and O–H groups in total. The molecule has 4 rings (SSSR count). The zero-order chi connectivity index (χ0) is 33.9. The number of nitrogens with two attached hydrogens (primary N) is 1. The van der Waals surface area contributed by atoms with E-state index in [2.05, 4.69) is 39.8 Å². The van der Waals surface area contributed by atoms with E-state index >= 15 is 0 Å². The van der Waals surface area contributed by atoms with Crippen LogP contribution in [0.4, 0.5) is 0 Å². The first-order valence-corrected chi connectivity index (χ1v) is 18.2. The first-order chi connectivity index (χ1) is 22.5. The molecule has 1 unspecified atom stereocenters. The van der Waals surface area contributed by atoms with E-state index in [0.717, 1.165) is 12.0 Å². The average Bonchev–Trinajstić information content (AvgIpc) is 3.75. The molecule has 4 amide bonds. The van der Waals surface area contributed by atoms with Crippen molar-refractivity contribution in [2.75, 3.05) is 19.6 Å². The third kappa shape index (κ3) is 11.1. The van der Waals surface area contributed by atoms with E-state index in [4.69, 9.17) is 5.73 Å². The van der Waals surface area contributed by atoms with Gasteiger partial charge >= 0.3 is 0 Å². The molecule has 0 saturated heterocycles. The minimum Gasteiger partial charge on any atom is -0.351 e. The minimum absolute atomic E-state index is 0. The fourth-order valence-electron chi connectivity index (χ4n) is 5.38. The van der Waals surface area contributed by atoms with E-state index in [-0.39, 0.29) is 71.7 Å². The first-order valence-electron chi connectivity index (χ1n) is 16.4. The van der Waals surface area contributed by atoms with E-state index in [1.165, 1.54) is 22.7 Å². The lowest BCUT2D eigenvalue weighted by Gasteiger charge is -2.28. The van der Waals surface area contributed by atoms with Crippen LogP contribution in [0.15, 0.2) is 41.1 Å². The highest BCUT2D eigenvalue weighted by Crippen LogP contribution is 2.27. The van der Waals surface area contributed by atoms with Gasteiger partial charge in [0.15, 0.2) is 0 Å². The van der Waals surface area contributed by atoms with Gasteiger partial charge in [-0.2, -0.15) is 0 Å². The molecule has 262 valence electrons. The molecule has 3 aromatic rings. The van der Waals surface area contributed by atoms with Gasteiger partial charge < -0.3 is 26.6 Å². The van der Waals surface area contributed by atoms with Gasteiger partial charge in [-0.25, -0.2) is 9.97 Å². The van der Waals surface area contributed by atoms with Crippen LogP contribution in [0.2, 0.25) is 0 Å². The SMILES string of the molecule is CC[C@H](C)[C@@H](N)C(=O)N1CCCNC(=O)c2csc(n2)[C@H](Cc2ccccc2)NC(=O)c2csc(n2)C(CC(C)C)NC(=O)CCC1.Cl. The van der Waals surface area contributed by atoms with Crippen molar-refractivity contribution in [3.8, 4) is 0 Å². The summed E-state index contributed by atoms with van der Waals surface area (Å²) in [6.07, 6.45) is 3.11. The number of nitrogens with zero attached hydrogens (tertiary/aromatic N) is 3. The maximum absolute atomic E-state index is 13.5. The number of rotatable bonds is 7. The molecule has 0 saturated carbocycles. The number of aromatic nitrogens is 2. The summed E-state index contributed by atoms with van der Waals surface area (Å²) >= 11 is 2.65. The molecule has 4 bridgehead atoms.